The molecule has 5 saturated heterocycles. The van der Waals surface area contributed by atoms with E-state index in [1.165, 1.54) is 103 Å². The molecule has 9 rings (SSSR count). The Morgan fingerprint density at radius 1 is 0.333 bits per heavy atom. The largest absolute Gasteiger partial charge is 4.00 e. The van der Waals surface area contributed by atoms with Crippen LogP contribution in [0.1, 0.15) is 103 Å². The Hall–Kier alpha value is 0.354. The zero-order valence-electron chi connectivity index (χ0n) is 25.5. The van der Waals surface area contributed by atoms with Crippen molar-refractivity contribution in [3.63, 3.8) is 0 Å². The summed E-state index contributed by atoms with van der Waals surface area (Å²) in [4.78, 5) is 0. The van der Waals surface area contributed by atoms with Gasteiger partial charge in [-0.2, -0.15) is 0 Å². The standard InChI is InChI=1S/C32H56N8O.Ti/c41-40-31-23-15-7-5-13-21(23)29(38-31)36-27-19-11-3-1-9-17(19)25(34-27)33-26-18-10-2-4-12-20(18)28(35-26)37-30-22-14-6-8-16-24(22)32(40)39-30;/h17-40H,1-16H2;/q;+4. The molecule has 5 heterocycles. The van der Waals surface area contributed by atoms with Crippen LogP contribution in [-0.4, -0.2) is 49.3 Å². The van der Waals surface area contributed by atoms with Gasteiger partial charge in [-0.15, -0.1) is 0 Å². The summed E-state index contributed by atoms with van der Waals surface area (Å²) in [7, 11) is 0. The summed E-state index contributed by atoms with van der Waals surface area (Å²) >= 11 is 0. The molecule has 0 radical (unpaired) electrons. The molecule has 9 fully saturated rings. The molecule has 16 unspecified atom stereocenters. The number of hydrogen-bond acceptors (Lipinski definition) is 8. The van der Waals surface area contributed by atoms with Crippen molar-refractivity contribution in [2.24, 2.45) is 47.3 Å². The van der Waals surface area contributed by atoms with E-state index in [2.05, 4.69) is 37.2 Å². The first-order valence-corrected chi connectivity index (χ1v) is 18.1. The summed E-state index contributed by atoms with van der Waals surface area (Å²) in [5.74, 6) is 4.84. The molecule has 0 aromatic rings. The number of hydrogen-bond donors (Lipinski definition) is 8. The first-order valence-electron chi connectivity index (χ1n) is 18.1. The van der Waals surface area contributed by atoms with E-state index in [9.17, 15) is 5.21 Å². The van der Waals surface area contributed by atoms with Crippen molar-refractivity contribution in [2.75, 3.05) is 0 Å². The van der Waals surface area contributed by atoms with Gasteiger partial charge in [0.05, 0.1) is 37.0 Å². The normalized spacial score (nSPS) is 56.9. The number of hydroxylamine groups is 2. The minimum absolute atomic E-state index is 0. The zero-order valence-corrected chi connectivity index (χ0v) is 27.0. The van der Waals surface area contributed by atoms with Crippen LogP contribution in [-0.2, 0) is 21.7 Å². The van der Waals surface area contributed by atoms with Gasteiger partial charge < -0.3 is 10.3 Å². The second-order valence-electron chi connectivity index (χ2n) is 15.8. The van der Waals surface area contributed by atoms with Crippen LogP contribution in [0.4, 0.5) is 0 Å². The average Bonchev–Trinajstić information content (AvgIpc) is 3.76. The molecule has 5 aliphatic heterocycles. The third-order valence-electron chi connectivity index (χ3n) is 14.1. The maximum Gasteiger partial charge on any atom is 4.00 e. The molecule has 4 saturated carbocycles. The van der Waals surface area contributed by atoms with Gasteiger partial charge in [-0.05, 0) is 86.9 Å². The molecular formula is C32H56N8OTi+4. The topological polar surface area (TPSA) is 112 Å². The molecule has 0 aromatic heterocycles. The summed E-state index contributed by atoms with van der Waals surface area (Å²) in [5.41, 5.74) is 0. The van der Waals surface area contributed by atoms with Gasteiger partial charge in [0.25, 0.3) is 0 Å². The van der Waals surface area contributed by atoms with Crippen molar-refractivity contribution < 1.29 is 26.8 Å². The number of fused-ring (bicyclic) bond motifs is 20. The Kier molecular flexibility index (Phi) is 8.62. The molecule has 0 amide bonds. The van der Waals surface area contributed by atoms with Crippen LogP contribution in [0, 0.1) is 52.6 Å². The van der Waals surface area contributed by atoms with Crippen molar-refractivity contribution in [1.82, 2.24) is 37.2 Å². The fourth-order valence-electron chi connectivity index (χ4n) is 12.2. The van der Waals surface area contributed by atoms with Gasteiger partial charge in [0.2, 0.25) is 0 Å². The van der Waals surface area contributed by atoms with Gasteiger partial charge in [0.15, 0.2) is 0 Å². The summed E-state index contributed by atoms with van der Waals surface area (Å²) in [6.45, 7) is 0. The van der Waals surface area contributed by atoms with Gasteiger partial charge in [-0.25, -0.2) is 0 Å². The molecule has 16 atom stereocenters. The quantitative estimate of drug-likeness (QED) is 0.152. The van der Waals surface area contributed by atoms with Crippen molar-refractivity contribution >= 4 is 0 Å². The van der Waals surface area contributed by atoms with Crippen LogP contribution < -0.4 is 42.3 Å². The molecule has 0 spiro atoms. The molecule has 9 aliphatic rings. The minimum atomic E-state index is -0.00118. The van der Waals surface area contributed by atoms with Crippen molar-refractivity contribution in [1.29, 1.82) is 0 Å². The van der Waals surface area contributed by atoms with E-state index >= 15 is 0 Å². The van der Waals surface area contributed by atoms with E-state index in [1.807, 2.05) is 0 Å². The Morgan fingerprint density at radius 2 is 0.548 bits per heavy atom. The molecular weight excluding hydrogens is 560 g/mol. The van der Waals surface area contributed by atoms with Gasteiger partial charge in [0.1, 0.15) is 12.3 Å². The molecule has 42 heavy (non-hydrogen) atoms. The second kappa shape index (κ2) is 12.2. The SMILES string of the molecule is [O-][NH+]1C2NC(NC3NC(NC4NC(NC5NC1C1CCCCC51)C1CCCCC41)C1CCCCC31)C1CCCCC12.[Ti+4]. The first-order chi connectivity index (χ1) is 20.2. The van der Waals surface area contributed by atoms with Crippen LogP contribution in [0.2, 0.25) is 0 Å². The molecule has 8 bridgehead atoms. The van der Waals surface area contributed by atoms with E-state index in [-0.39, 0.29) is 46.4 Å². The minimum Gasteiger partial charge on any atom is -0.632 e. The molecule has 8 N–H and O–H groups in total. The number of rotatable bonds is 0. The summed E-state index contributed by atoms with van der Waals surface area (Å²) in [5, 5.41) is 43.9. The van der Waals surface area contributed by atoms with Crippen LogP contribution in [0.15, 0.2) is 0 Å². The maximum atomic E-state index is 14.6. The van der Waals surface area contributed by atoms with Gasteiger partial charge in [-0.3, -0.25) is 37.2 Å². The predicted octanol–water partition coefficient (Wildman–Crippen LogP) is 1.40. The van der Waals surface area contributed by atoms with Gasteiger partial charge in [0, 0.05) is 11.8 Å². The number of nitrogens with one attached hydrogen (secondary N) is 8. The molecule has 0 aromatic carbocycles. The molecule has 9 nitrogen and oxygen atoms in total. The average molecular weight is 617 g/mol. The molecule has 230 valence electrons. The van der Waals surface area contributed by atoms with Crippen LogP contribution in [0.25, 0.3) is 0 Å². The fraction of sp³-hybridized carbons (Fsp3) is 1.00. The molecule has 4 aliphatic carbocycles. The van der Waals surface area contributed by atoms with Gasteiger partial charge in [-0.1, -0.05) is 51.4 Å². The summed E-state index contributed by atoms with van der Waals surface area (Å²) in [6.07, 6.45) is 22.7. The smallest absolute Gasteiger partial charge is 0.632 e. The van der Waals surface area contributed by atoms with E-state index in [0.717, 1.165) is 0 Å². The fourth-order valence-corrected chi connectivity index (χ4v) is 12.2. The zero-order chi connectivity index (χ0) is 27.1. The predicted molar refractivity (Wildman–Crippen MR) is 158 cm³/mol. The summed E-state index contributed by atoms with van der Waals surface area (Å²) in [6, 6.07) is 0. The van der Waals surface area contributed by atoms with Crippen LogP contribution >= 0.6 is 0 Å². The van der Waals surface area contributed by atoms with Gasteiger partial charge >= 0.3 is 21.7 Å². The van der Waals surface area contributed by atoms with Crippen LogP contribution in [0.3, 0.4) is 0 Å². The number of quaternary nitrogens is 1. The summed E-state index contributed by atoms with van der Waals surface area (Å²) < 4.78 is 0. The maximum absolute atomic E-state index is 14.6. The molecule has 10 heteroatoms. The Bertz CT molecular complexity index is 889. The second-order valence-corrected chi connectivity index (χ2v) is 15.8. The van der Waals surface area contributed by atoms with Crippen molar-refractivity contribution in [3.05, 3.63) is 5.21 Å². The van der Waals surface area contributed by atoms with E-state index in [1.54, 1.807) is 0 Å². The third-order valence-corrected chi connectivity index (χ3v) is 14.1. The Morgan fingerprint density at radius 3 is 0.833 bits per heavy atom. The van der Waals surface area contributed by atoms with E-state index in [0.29, 0.717) is 77.1 Å². The van der Waals surface area contributed by atoms with Crippen molar-refractivity contribution in [2.45, 2.75) is 152 Å². The van der Waals surface area contributed by atoms with Crippen LogP contribution in [0.5, 0.6) is 0 Å². The van der Waals surface area contributed by atoms with E-state index in [4.69, 9.17) is 0 Å². The first kappa shape index (κ1) is 29.7. The Labute approximate surface area is 267 Å². The third kappa shape index (κ3) is 4.95. The Balaban J connectivity index is 0.00000267. The van der Waals surface area contributed by atoms with E-state index < -0.39 is 0 Å². The van der Waals surface area contributed by atoms with Crippen molar-refractivity contribution in [3.8, 4) is 0 Å². The monoisotopic (exact) mass is 616 g/mol.